The molecule has 0 saturated carbocycles. The Kier molecular flexibility index (Phi) is 4.62. The molecule has 0 radical (unpaired) electrons. The fraction of sp³-hybridized carbons (Fsp3) is 0.727. The molecule has 0 spiro atoms. The molecule has 0 saturated heterocycles. The number of imidazole rings is 1. The molecule has 0 amide bonds. The third-order valence-electron chi connectivity index (χ3n) is 2.07. The van der Waals surface area contributed by atoms with Crippen molar-refractivity contribution in [2.24, 2.45) is 0 Å². The van der Waals surface area contributed by atoms with Crippen LogP contribution in [-0.4, -0.2) is 28.8 Å². The number of nitrogens with zero attached hydrogens (tertiary/aromatic N) is 2. The highest BCUT2D eigenvalue weighted by Gasteiger charge is 2.02. The molecule has 0 bridgehead atoms. The summed E-state index contributed by atoms with van der Waals surface area (Å²) in [4.78, 5) is 4.39. The zero-order valence-electron chi connectivity index (χ0n) is 10.1. The van der Waals surface area contributed by atoms with Gasteiger partial charge in [-0.1, -0.05) is 0 Å². The second-order valence-electron chi connectivity index (χ2n) is 3.84. The number of aryl methyl sites for hydroxylation is 2. The van der Waals surface area contributed by atoms with Gasteiger partial charge in [-0.05, 0) is 27.7 Å². The average molecular weight is 211 g/mol. The van der Waals surface area contributed by atoms with Crippen molar-refractivity contribution in [2.75, 3.05) is 18.5 Å². The molecule has 0 atom stereocenters. The van der Waals surface area contributed by atoms with Crippen LogP contribution < -0.4 is 5.32 Å². The van der Waals surface area contributed by atoms with Crippen LogP contribution in [0.15, 0.2) is 6.20 Å². The summed E-state index contributed by atoms with van der Waals surface area (Å²) in [6, 6.07) is 0. The van der Waals surface area contributed by atoms with Crippen molar-refractivity contribution in [3.05, 3.63) is 11.9 Å². The van der Waals surface area contributed by atoms with Gasteiger partial charge < -0.3 is 14.6 Å². The van der Waals surface area contributed by atoms with E-state index in [-0.39, 0.29) is 0 Å². The van der Waals surface area contributed by atoms with Crippen molar-refractivity contribution in [3.63, 3.8) is 0 Å². The van der Waals surface area contributed by atoms with Crippen molar-refractivity contribution in [2.45, 2.75) is 40.3 Å². The number of anilines is 1. The zero-order chi connectivity index (χ0) is 11.3. The fourth-order valence-electron chi connectivity index (χ4n) is 1.39. The van der Waals surface area contributed by atoms with Gasteiger partial charge >= 0.3 is 0 Å². The average Bonchev–Trinajstić information content (AvgIpc) is 2.53. The minimum atomic E-state index is 0.291. The zero-order valence-corrected chi connectivity index (χ0v) is 10.1. The van der Waals surface area contributed by atoms with Crippen LogP contribution in [-0.2, 0) is 11.3 Å². The highest BCUT2D eigenvalue weighted by atomic mass is 16.5. The molecular weight excluding hydrogens is 190 g/mol. The van der Waals surface area contributed by atoms with Crippen LogP contribution in [0.1, 0.15) is 26.5 Å². The molecule has 4 nitrogen and oxygen atoms in total. The molecule has 0 fully saturated rings. The van der Waals surface area contributed by atoms with Gasteiger partial charge in [0, 0.05) is 19.3 Å². The van der Waals surface area contributed by atoms with E-state index < -0.39 is 0 Å². The van der Waals surface area contributed by atoms with Gasteiger partial charge in [0.25, 0.3) is 0 Å². The summed E-state index contributed by atoms with van der Waals surface area (Å²) in [6.07, 6.45) is 2.34. The first-order chi connectivity index (χ1) is 7.13. The highest BCUT2D eigenvalue weighted by molar-refractivity contribution is 5.28. The lowest BCUT2D eigenvalue weighted by Gasteiger charge is -2.09. The Balaban J connectivity index is 2.36. The molecule has 1 rings (SSSR count). The maximum Gasteiger partial charge on any atom is 0.203 e. The predicted octanol–water partition coefficient (Wildman–Crippen LogP) is 2.05. The summed E-state index contributed by atoms with van der Waals surface area (Å²) in [5, 5.41) is 3.27. The van der Waals surface area contributed by atoms with Crippen molar-refractivity contribution in [1.29, 1.82) is 0 Å². The van der Waals surface area contributed by atoms with Crippen LogP contribution in [0.25, 0.3) is 0 Å². The number of ether oxygens (including phenoxy) is 1. The van der Waals surface area contributed by atoms with Gasteiger partial charge in [-0.15, -0.1) is 0 Å². The van der Waals surface area contributed by atoms with Gasteiger partial charge in [-0.25, -0.2) is 4.98 Å². The van der Waals surface area contributed by atoms with Crippen molar-refractivity contribution in [1.82, 2.24) is 9.55 Å². The van der Waals surface area contributed by atoms with Crippen LogP contribution >= 0.6 is 0 Å². The third kappa shape index (κ3) is 3.91. The topological polar surface area (TPSA) is 39.1 Å². The second-order valence-corrected chi connectivity index (χ2v) is 3.84. The smallest absolute Gasteiger partial charge is 0.203 e. The second kappa shape index (κ2) is 5.75. The monoisotopic (exact) mass is 211 g/mol. The summed E-state index contributed by atoms with van der Waals surface area (Å²) >= 11 is 0. The molecule has 1 aromatic rings. The Morgan fingerprint density at radius 2 is 2.27 bits per heavy atom. The van der Waals surface area contributed by atoms with Gasteiger partial charge in [0.2, 0.25) is 5.95 Å². The molecule has 4 heteroatoms. The first-order valence-electron chi connectivity index (χ1n) is 5.52. The number of rotatable bonds is 6. The third-order valence-corrected chi connectivity index (χ3v) is 2.07. The molecule has 15 heavy (non-hydrogen) atoms. The van der Waals surface area contributed by atoms with Crippen LogP contribution in [0.2, 0.25) is 0 Å². The van der Waals surface area contributed by atoms with E-state index in [0.29, 0.717) is 12.7 Å². The van der Waals surface area contributed by atoms with Gasteiger partial charge in [0.05, 0.1) is 18.4 Å². The van der Waals surface area contributed by atoms with Crippen molar-refractivity contribution < 1.29 is 4.74 Å². The summed E-state index contributed by atoms with van der Waals surface area (Å²) < 4.78 is 7.55. The summed E-state index contributed by atoms with van der Waals surface area (Å²) in [7, 11) is 0. The highest BCUT2D eigenvalue weighted by Crippen LogP contribution is 2.07. The van der Waals surface area contributed by atoms with Crippen molar-refractivity contribution in [3.8, 4) is 0 Å². The molecule has 0 aliphatic carbocycles. The lowest BCUT2D eigenvalue weighted by atomic mass is 10.5. The largest absolute Gasteiger partial charge is 0.377 e. The fourth-order valence-corrected chi connectivity index (χ4v) is 1.39. The van der Waals surface area contributed by atoms with E-state index in [2.05, 4.69) is 21.8 Å². The van der Waals surface area contributed by atoms with Gasteiger partial charge in [0.1, 0.15) is 0 Å². The Morgan fingerprint density at radius 1 is 1.53 bits per heavy atom. The number of hydrogen-bond donors (Lipinski definition) is 1. The van der Waals surface area contributed by atoms with Crippen LogP contribution in [0, 0.1) is 6.92 Å². The lowest BCUT2D eigenvalue weighted by Crippen LogP contribution is -2.15. The quantitative estimate of drug-likeness (QED) is 0.732. The molecule has 1 aromatic heterocycles. The van der Waals surface area contributed by atoms with E-state index in [1.54, 1.807) is 0 Å². The van der Waals surface area contributed by atoms with Gasteiger partial charge in [-0.2, -0.15) is 0 Å². The summed E-state index contributed by atoms with van der Waals surface area (Å²) in [6.45, 7) is 10.6. The van der Waals surface area contributed by atoms with E-state index in [9.17, 15) is 0 Å². The molecule has 0 aliphatic rings. The first-order valence-corrected chi connectivity index (χ1v) is 5.52. The van der Waals surface area contributed by atoms with E-state index in [1.807, 2.05) is 27.0 Å². The number of hydrogen-bond acceptors (Lipinski definition) is 3. The maximum atomic E-state index is 5.44. The van der Waals surface area contributed by atoms with E-state index in [4.69, 9.17) is 4.74 Å². The standard InChI is InChI=1S/C11H21N3O/c1-5-14-8-10(4)13-11(14)12-6-7-15-9(2)3/h8-9H,5-7H2,1-4H3,(H,12,13). The SMILES string of the molecule is CCn1cc(C)nc1NCCOC(C)C. The molecule has 0 unspecified atom stereocenters. The normalized spacial score (nSPS) is 11.0. The van der Waals surface area contributed by atoms with E-state index >= 15 is 0 Å². The number of aromatic nitrogens is 2. The van der Waals surface area contributed by atoms with E-state index in [1.165, 1.54) is 0 Å². The first kappa shape index (κ1) is 12.0. The Labute approximate surface area is 91.7 Å². The molecular formula is C11H21N3O. The summed E-state index contributed by atoms with van der Waals surface area (Å²) in [5.41, 5.74) is 1.05. The van der Waals surface area contributed by atoms with Gasteiger partial charge in [0.15, 0.2) is 0 Å². The Morgan fingerprint density at radius 3 is 2.87 bits per heavy atom. The minimum Gasteiger partial charge on any atom is -0.377 e. The Bertz CT molecular complexity index is 294. The lowest BCUT2D eigenvalue weighted by molar-refractivity contribution is 0.0869. The molecule has 0 aromatic carbocycles. The Hall–Kier alpha value is -1.03. The minimum absolute atomic E-state index is 0.291. The van der Waals surface area contributed by atoms with Crippen LogP contribution in [0.5, 0.6) is 0 Å². The molecule has 0 aliphatic heterocycles. The number of nitrogens with one attached hydrogen (secondary N) is 1. The van der Waals surface area contributed by atoms with Crippen molar-refractivity contribution >= 4 is 5.95 Å². The maximum absolute atomic E-state index is 5.44. The molecule has 86 valence electrons. The van der Waals surface area contributed by atoms with Crippen LogP contribution in [0.3, 0.4) is 0 Å². The molecule has 1 heterocycles. The molecule has 1 N–H and O–H groups in total. The van der Waals surface area contributed by atoms with Gasteiger partial charge in [-0.3, -0.25) is 0 Å². The van der Waals surface area contributed by atoms with Crippen LogP contribution in [0.4, 0.5) is 5.95 Å². The predicted molar refractivity (Wildman–Crippen MR) is 62.2 cm³/mol. The summed E-state index contributed by atoms with van der Waals surface area (Å²) in [5.74, 6) is 0.933. The van der Waals surface area contributed by atoms with E-state index in [0.717, 1.165) is 24.7 Å².